The Labute approximate surface area is 107 Å². The molecular weight excluding hydrogens is 253 g/mol. The van der Waals surface area contributed by atoms with E-state index in [1.807, 2.05) is 0 Å². The van der Waals surface area contributed by atoms with E-state index in [0.717, 1.165) is 0 Å². The normalized spacial score (nSPS) is 14.2. The molecule has 0 atom stereocenters. The number of nitrogens with two attached hydrogens (primary N) is 1. The minimum absolute atomic E-state index is 0.0396. The monoisotopic (exact) mass is 263 g/mol. The number of amides is 1. The smallest absolute Gasteiger partial charge is 0.265 e. The Balaban J connectivity index is 2.01. The summed E-state index contributed by atoms with van der Waals surface area (Å²) in [5.41, 5.74) is 6.50. The Morgan fingerprint density at radius 2 is 2.32 bits per heavy atom. The van der Waals surface area contributed by atoms with Gasteiger partial charge in [-0.1, -0.05) is 5.16 Å². The lowest BCUT2D eigenvalue weighted by molar-refractivity contribution is -0.121. The summed E-state index contributed by atoms with van der Waals surface area (Å²) in [5.74, 6) is -0.536. The van der Waals surface area contributed by atoms with E-state index in [1.165, 1.54) is 23.3 Å². The minimum Gasteiger partial charge on any atom is -0.481 e. The third-order valence-corrected chi connectivity index (χ3v) is 2.83. The molecule has 1 aromatic heterocycles. The van der Waals surface area contributed by atoms with Crippen molar-refractivity contribution in [1.29, 1.82) is 0 Å². The molecule has 1 aliphatic rings. The predicted molar refractivity (Wildman–Crippen MR) is 64.0 cm³/mol. The van der Waals surface area contributed by atoms with E-state index in [0.29, 0.717) is 11.4 Å². The zero-order chi connectivity index (χ0) is 13.4. The van der Waals surface area contributed by atoms with Gasteiger partial charge in [-0.25, -0.2) is 4.39 Å². The fourth-order valence-corrected chi connectivity index (χ4v) is 1.89. The molecule has 0 unspecified atom stereocenters. The maximum absolute atomic E-state index is 13.4. The van der Waals surface area contributed by atoms with Gasteiger partial charge < -0.3 is 15.0 Å². The number of rotatable bonds is 2. The van der Waals surface area contributed by atoms with Crippen LogP contribution in [-0.4, -0.2) is 17.7 Å². The van der Waals surface area contributed by atoms with Crippen LogP contribution in [0.1, 0.15) is 5.69 Å². The van der Waals surface area contributed by atoms with Gasteiger partial charge in [0.05, 0.1) is 17.9 Å². The van der Waals surface area contributed by atoms with Crippen LogP contribution >= 0.6 is 0 Å². The summed E-state index contributed by atoms with van der Waals surface area (Å²) < 4.78 is 23.3. The molecule has 0 spiro atoms. The molecule has 2 heterocycles. The van der Waals surface area contributed by atoms with Gasteiger partial charge >= 0.3 is 0 Å². The van der Waals surface area contributed by atoms with Crippen LogP contribution in [0.15, 0.2) is 29.0 Å². The van der Waals surface area contributed by atoms with Crippen LogP contribution < -0.4 is 15.4 Å². The van der Waals surface area contributed by atoms with Crippen LogP contribution in [-0.2, 0) is 11.3 Å². The maximum Gasteiger partial charge on any atom is 0.265 e. The number of benzene rings is 1. The van der Waals surface area contributed by atoms with Gasteiger partial charge in [-0.05, 0) is 6.07 Å². The number of carbonyl (C=O) groups is 1. The van der Waals surface area contributed by atoms with E-state index in [2.05, 4.69) is 5.16 Å². The summed E-state index contributed by atoms with van der Waals surface area (Å²) >= 11 is 0. The first-order chi connectivity index (χ1) is 9.15. The second kappa shape index (κ2) is 4.27. The van der Waals surface area contributed by atoms with E-state index in [-0.39, 0.29) is 30.5 Å². The first-order valence-corrected chi connectivity index (χ1v) is 5.56. The highest BCUT2D eigenvalue weighted by atomic mass is 19.1. The Morgan fingerprint density at radius 1 is 1.47 bits per heavy atom. The van der Waals surface area contributed by atoms with E-state index in [9.17, 15) is 9.18 Å². The largest absolute Gasteiger partial charge is 0.481 e. The molecule has 1 aromatic carbocycles. The Morgan fingerprint density at radius 3 is 3.05 bits per heavy atom. The van der Waals surface area contributed by atoms with Crippen molar-refractivity contribution in [1.82, 2.24) is 5.16 Å². The molecule has 0 bridgehead atoms. The van der Waals surface area contributed by atoms with Gasteiger partial charge in [0, 0.05) is 12.1 Å². The number of aromatic nitrogens is 1. The number of anilines is 2. The van der Waals surface area contributed by atoms with Crippen molar-refractivity contribution in [3.63, 3.8) is 0 Å². The van der Waals surface area contributed by atoms with Crippen LogP contribution in [0.2, 0.25) is 0 Å². The molecule has 3 rings (SSSR count). The molecule has 98 valence electrons. The highest BCUT2D eigenvalue weighted by Gasteiger charge is 2.27. The number of fused-ring (bicyclic) bond motifs is 1. The highest BCUT2D eigenvalue weighted by molar-refractivity contribution is 5.98. The quantitative estimate of drug-likeness (QED) is 0.826. The highest BCUT2D eigenvalue weighted by Crippen LogP contribution is 2.36. The fourth-order valence-electron chi connectivity index (χ4n) is 1.89. The average Bonchev–Trinajstić information content (AvgIpc) is 2.88. The molecule has 0 saturated heterocycles. The summed E-state index contributed by atoms with van der Waals surface area (Å²) in [6.07, 6.45) is 1.42. The SMILES string of the molecule is Nc1cc2c(cc1F)OCC(=O)N2Cc1ccon1. The van der Waals surface area contributed by atoms with E-state index >= 15 is 0 Å². The molecule has 7 heteroatoms. The minimum atomic E-state index is -0.575. The summed E-state index contributed by atoms with van der Waals surface area (Å²) in [6, 6.07) is 4.20. The third-order valence-electron chi connectivity index (χ3n) is 2.83. The van der Waals surface area contributed by atoms with E-state index < -0.39 is 5.82 Å². The molecule has 2 N–H and O–H groups in total. The van der Waals surface area contributed by atoms with Gasteiger partial charge in [0.15, 0.2) is 6.61 Å². The number of ether oxygens (including phenoxy) is 1. The van der Waals surface area contributed by atoms with Crippen molar-refractivity contribution in [2.24, 2.45) is 0 Å². The molecule has 6 nitrogen and oxygen atoms in total. The van der Waals surface area contributed by atoms with Crippen molar-refractivity contribution in [3.8, 4) is 5.75 Å². The summed E-state index contributed by atoms with van der Waals surface area (Å²) in [7, 11) is 0. The molecule has 0 aliphatic carbocycles. The number of carbonyl (C=O) groups excluding carboxylic acids is 1. The summed E-state index contributed by atoms with van der Waals surface area (Å²) in [5, 5.41) is 3.74. The van der Waals surface area contributed by atoms with Crippen molar-refractivity contribution in [3.05, 3.63) is 36.0 Å². The van der Waals surface area contributed by atoms with Gasteiger partial charge in [0.2, 0.25) is 0 Å². The average molecular weight is 263 g/mol. The Bertz CT molecular complexity index is 627. The van der Waals surface area contributed by atoms with Crippen LogP contribution in [0.5, 0.6) is 5.75 Å². The second-order valence-electron chi connectivity index (χ2n) is 4.10. The van der Waals surface area contributed by atoms with Crippen molar-refractivity contribution in [2.75, 3.05) is 17.2 Å². The van der Waals surface area contributed by atoms with Crippen molar-refractivity contribution in [2.45, 2.75) is 6.54 Å². The molecule has 19 heavy (non-hydrogen) atoms. The Hall–Kier alpha value is -2.57. The molecule has 1 amide bonds. The zero-order valence-electron chi connectivity index (χ0n) is 9.80. The van der Waals surface area contributed by atoms with Crippen LogP contribution in [0.25, 0.3) is 0 Å². The standard InChI is InChI=1S/C12H10FN3O3/c13-8-3-11-10(4-9(8)14)16(12(17)6-18-11)5-7-1-2-19-15-7/h1-4H,5-6,14H2. The number of nitrogen functional groups attached to an aromatic ring is 1. The number of hydrogen-bond donors (Lipinski definition) is 1. The molecule has 2 aromatic rings. The molecule has 0 radical (unpaired) electrons. The fraction of sp³-hybridized carbons (Fsp3) is 0.167. The number of hydrogen-bond acceptors (Lipinski definition) is 5. The number of nitrogens with zero attached hydrogens (tertiary/aromatic N) is 2. The van der Waals surface area contributed by atoms with Gasteiger partial charge in [-0.15, -0.1) is 0 Å². The Kier molecular flexibility index (Phi) is 2.59. The first-order valence-electron chi connectivity index (χ1n) is 5.56. The topological polar surface area (TPSA) is 81.6 Å². The van der Waals surface area contributed by atoms with E-state index in [1.54, 1.807) is 6.07 Å². The van der Waals surface area contributed by atoms with Crippen LogP contribution in [0.4, 0.5) is 15.8 Å². The lowest BCUT2D eigenvalue weighted by atomic mass is 10.2. The lowest BCUT2D eigenvalue weighted by Gasteiger charge is -2.29. The van der Waals surface area contributed by atoms with Gasteiger partial charge in [0.1, 0.15) is 23.5 Å². The maximum atomic E-state index is 13.4. The van der Waals surface area contributed by atoms with Crippen molar-refractivity contribution >= 4 is 17.3 Å². The van der Waals surface area contributed by atoms with Gasteiger partial charge in [-0.3, -0.25) is 9.69 Å². The predicted octanol–water partition coefficient (Wildman–Crippen LogP) is 1.32. The molecule has 1 aliphatic heterocycles. The summed E-state index contributed by atoms with van der Waals surface area (Å²) in [4.78, 5) is 13.3. The number of halogens is 1. The van der Waals surface area contributed by atoms with E-state index in [4.69, 9.17) is 15.0 Å². The van der Waals surface area contributed by atoms with Crippen molar-refractivity contribution < 1.29 is 18.4 Å². The van der Waals surface area contributed by atoms with Crippen LogP contribution in [0.3, 0.4) is 0 Å². The molecule has 0 saturated carbocycles. The second-order valence-corrected chi connectivity index (χ2v) is 4.10. The first kappa shape index (κ1) is 11.5. The van der Waals surface area contributed by atoms with Crippen LogP contribution in [0, 0.1) is 5.82 Å². The summed E-state index contributed by atoms with van der Waals surface area (Å²) in [6.45, 7) is 0.0744. The molecule has 0 fully saturated rings. The third kappa shape index (κ3) is 1.99. The van der Waals surface area contributed by atoms with Gasteiger partial charge in [-0.2, -0.15) is 0 Å². The zero-order valence-corrected chi connectivity index (χ0v) is 9.80. The van der Waals surface area contributed by atoms with Gasteiger partial charge in [0.25, 0.3) is 5.91 Å². The lowest BCUT2D eigenvalue weighted by Crippen LogP contribution is -2.38. The molecular formula is C12H10FN3O3.